The van der Waals surface area contributed by atoms with Crippen molar-refractivity contribution in [3.8, 4) is 11.3 Å². The van der Waals surface area contributed by atoms with Gasteiger partial charge in [-0.15, -0.1) is 0 Å². The van der Waals surface area contributed by atoms with Crippen LogP contribution in [0.4, 0.5) is 16.2 Å². The standard InChI is InChI=1S/C24H30ClN5O4S/c1-15-21(18-8-7-17(12-19(18)26)28-24(32)33-2)29-23(22(31)20-9-6-16(25)13-27-20)30(15)14-34-10-11-35(3,4)5/h6-9,12-13H,10-11,14,26H2,1-5H3,(H,28,32). The molecule has 9 nitrogen and oxygen atoms in total. The topological polar surface area (TPSA) is 121 Å². The largest absolute Gasteiger partial charge is 0.453 e. The summed E-state index contributed by atoms with van der Waals surface area (Å²) in [5.41, 5.74) is 9.24. The third-order valence-electron chi connectivity index (χ3n) is 5.18. The molecule has 0 aliphatic rings. The summed E-state index contributed by atoms with van der Waals surface area (Å²) in [6.07, 6.45) is 7.48. The van der Waals surface area contributed by atoms with Crippen molar-refractivity contribution in [3.05, 3.63) is 58.8 Å². The Hall–Kier alpha value is -3.08. The molecule has 0 fully saturated rings. The maximum Gasteiger partial charge on any atom is 0.411 e. The summed E-state index contributed by atoms with van der Waals surface area (Å²) in [6, 6.07) is 8.20. The number of carbonyl (C=O) groups excluding carboxylic acids is 2. The Bertz CT molecular complexity index is 1220. The van der Waals surface area contributed by atoms with E-state index in [9.17, 15) is 9.59 Å². The van der Waals surface area contributed by atoms with Gasteiger partial charge in [0, 0.05) is 34.6 Å². The van der Waals surface area contributed by atoms with Gasteiger partial charge in [0.1, 0.15) is 12.4 Å². The first-order valence-electron chi connectivity index (χ1n) is 10.7. The molecule has 3 N–H and O–H groups in total. The van der Waals surface area contributed by atoms with E-state index in [0.29, 0.717) is 40.0 Å². The van der Waals surface area contributed by atoms with E-state index >= 15 is 0 Å². The van der Waals surface area contributed by atoms with Crippen molar-refractivity contribution in [1.29, 1.82) is 0 Å². The predicted molar refractivity (Wildman–Crippen MR) is 142 cm³/mol. The molecule has 2 heterocycles. The number of anilines is 2. The van der Waals surface area contributed by atoms with Gasteiger partial charge in [-0.25, -0.2) is 19.8 Å². The second-order valence-electron chi connectivity index (χ2n) is 8.74. The number of carbonyl (C=O) groups is 2. The van der Waals surface area contributed by atoms with Gasteiger partial charge in [0.25, 0.3) is 0 Å². The molecule has 2 aromatic heterocycles. The number of pyridine rings is 1. The molecule has 0 spiro atoms. The first-order chi connectivity index (χ1) is 16.5. The fourth-order valence-electron chi connectivity index (χ4n) is 3.23. The molecule has 0 unspecified atom stereocenters. The Balaban J connectivity index is 1.99. The van der Waals surface area contributed by atoms with E-state index in [4.69, 9.17) is 22.1 Å². The van der Waals surface area contributed by atoms with Crippen molar-refractivity contribution in [3.63, 3.8) is 0 Å². The van der Waals surface area contributed by atoms with Crippen molar-refractivity contribution >= 4 is 44.9 Å². The van der Waals surface area contributed by atoms with Gasteiger partial charge in [-0.05, 0) is 56.0 Å². The van der Waals surface area contributed by atoms with Crippen LogP contribution in [0.1, 0.15) is 22.0 Å². The van der Waals surface area contributed by atoms with Gasteiger partial charge < -0.3 is 19.8 Å². The highest BCUT2D eigenvalue weighted by atomic mass is 35.5. The van der Waals surface area contributed by atoms with Gasteiger partial charge in [0.05, 0.1) is 24.4 Å². The van der Waals surface area contributed by atoms with Gasteiger partial charge >= 0.3 is 6.09 Å². The minimum atomic E-state index is -0.715. The van der Waals surface area contributed by atoms with Crippen molar-refractivity contribution < 1.29 is 19.1 Å². The summed E-state index contributed by atoms with van der Waals surface area (Å²) >= 11 is 5.93. The highest BCUT2D eigenvalue weighted by Crippen LogP contribution is 2.34. The lowest BCUT2D eigenvalue weighted by molar-refractivity contribution is 0.0819. The third-order valence-corrected chi connectivity index (χ3v) is 6.80. The van der Waals surface area contributed by atoms with Crippen LogP contribution in [-0.4, -0.2) is 64.6 Å². The van der Waals surface area contributed by atoms with E-state index in [1.807, 2.05) is 6.92 Å². The van der Waals surface area contributed by atoms with E-state index in [1.54, 1.807) is 34.9 Å². The number of benzene rings is 1. The highest BCUT2D eigenvalue weighted by molar-refractivity contribution is 8.32. The maximum absolute atomic E-state index is 13.3. The second kappa shape index (κ2) is 11.1. The lowest BCUT2D eigenvalue weighted by atomic mass is 10.1. The van der Waals surface area contributed by atoms with Gasteiger partial charge in [0.2, 0.25) is 5.78 Å². The minimum Gasteiger partial charge on any atom is -0.453 e. The van der Waals surface area contributed by atoms with Crippen LogP contribution in [0.25, 0.3) is 11.3 Å². The zero-order valence-corrected chi connectivity index (χ0v) is 22.0. The Labute approximate surface area is 211 Å². The Morgan fingerprint density at radius 1 is 1.20 bits per heavy atom. The summed E-state index contributed by atoms with van der Waals surface area (Å²) in [4.78, 5) is 33.6. The smallest absolute Gasteiger partial charge is 0.411 e. The molecule has 35 heavy (non-hydrogen) atoms. The number of amides is 1. The molecule has 3 aromatic rings. The normalized spacial score (nSPS) is 11.8. The van der Waals surface area contributed by atoms with Crippen LogP contribution in [0.5, 0.6) is 0 Å². The number of ether oxygens (including phenoxy) is 2. The minimum absolute atomic E-state index is 0.158. The van der Waals surface area contributed by atoms with Gasteiger partial charge in [-0.1, -0.05) is 11.6 Å². The van der Waals surface area contributed by atoms with E-state index in [2.05, 4.69) is 38.8 Å². The molecule has 0 radical (unpaired) electrons. The van der Waals surface area contributed by atoms with Crippen molar-refractivity contribution in [1.82, 2.24) is 14.5 Å². The lowest BCUT2D eigenvalue weighted by Crippen LogP contribution is -2.17. The molecule has 0 saturated heterocycles. The van der Waals surface area contributed by atoms with Crippen LogP contribution in [0, 0.1) is 6.92 Å². The molecule has 1 aromatic carbocycles. The van der Waals surface area contributed by atoms with Crippen molar-refractivity contribution in [2.75, 3.05) is 49.3 Å². The number of imidazole rings is 1. The second-order valence-corrected chi connectivity index (χ2v) is 13.8. The summed E-state index contributed by atoms with van der Waals surface area (Å²) < 4.78 is 12.3. The predicted octanol–water partition coefficient (Wildman–Crippen LogP) is 4.57. The average molecular weight is 520 g/mol. The summed E-state index contributed by atoms with van der Waals surface area (Å²) in [6.45, 7) is 2.58. The van der Waals surface area contributed by atoms with Crippen LogP contribution in [0.3, 0.4) is 0 Å². The zero-order valence-electron chi connectivity index (χ0n) is 20.4. The molecule has 11 heteroatoms. The zero-order chi connectivity index (χ0) is 25.8. The number of nitrogens with two attached hydrogens (primary N) is 1. The molecule has 0 atom stereocenters. The number of nitrogens with one attached hydrogen (secondary N) is 1. The number of ketones is 1. The summed E-state index contributed by atoms with van der Waals surface area (Å²) in [5.74, 6) is 0.771. The van der Waals surface area contributed by atoms with Gasteiger partial charge in [-0.2, -0.15) is 0 Å². The number of methoxy groups -OCH3 is 1. The van der Waals surface area contributed by atoms with E-state index in [-0.39, 0.29) is 24.0 Å². The first kappa shape index (κ1) is 26.5. The van der Waals surface area contributed by atoms with E-state index in [1.165, 1.54) is 13.3 Å². The van der Waals surface area contributed by atoms with Gasteiger partial charge in [0.15, 0.2) is 5.82 Å². The highest BCUT2D eigenvalue weighted by Gasteiger charge is 2.24. The SMILES string of the molecule is COC(=O)Nc1ccc(-c2nc(C(=O)c3ccc(Cl)cn3)n(COCCS(C)(C)C)c2C)c(N)c1. The average Bonchev–Trinajstić information content (AvgIpc) is 3.12. The van der Waals surface area contributed by atoms with Crippen molar-refractivity contribution in [2.45, 2.75) is 13.7 Å². The Kier molecular flexibility index (Phi) is 8.42. The maximum atomic E-state index is 13.3. The lowest BCUT2D eigenvalue weighted by Gasteiger charge is -2.24. The number of hydrogen-bond donors (Lipinski definition) is 2. The first-order valence-corrected chi connectivity index (χ1v) is 14.1. The molecule has 3 rings (SSSR count). The number of nitrogens with zero attached hydrogens (tertiary/aromatic N) is 3. The Morgan fingerprint density at radius 3 is 2.54 bits per heavy atom. The quantitative estimate of drug-likeness (QED) is 0.241. The van der Waals surface area contributed by atoms with Crippen LogP contribution in [0.15, 0.2) is 36.5 Å². The Morgan fingerprint density at radius 2 is 1.94 bits per heavy atom. The van der Waals surface area contributed by atoms with E-state index < -0.39 is 16.1 Å². The third kappa shape index (κ3) is 6.74. The van der Waals surface area contributed by atoms with Crippen LogP contribution >= 0.6 is 21.6 Å². The van der Waals surface area contributed by atoms with Gasteiger partial charge in [-0.3, -0.25) is 15.1 Å². The molecule has 1 amide bonds. The molecular weight excluding hydrogens is 490 g/mol. The van der Waals surface area contributed by atoms with E-state index in [0.717, 1.165) is 5.75 Å². The molecular formula is C24H30ClN5O4S. The monoisotopic (exact) mass is 519 g/mol. The fraction of sp³-hybridized carbons (Fsp3) is 0.333. The number of nitrogen functional groups attached to an aromatic ring is 1. The number of rotatable bonds is 9. The number of hydrogen-bond acceptors (Lipinski definition) is 7. The molecule has 0 saturated carbocycles. The molecule has 0 aliphatic heterocycles. The fourth-order valence-corrected chi connectivity index (χ4v) is 3.96. The van der Waals surface area contributed by atoms with Crippen LogP contribution in [-0.2, 0) is 16.2 Å². The van der Waals surface area contributed by atoms with Crippen molar-refractivity contribution in [2.24, 2.45) is 0 Å². The molecule has 0 aliphatic carbocycles. The number of halogens is 1. The molecule has 188 valence electrons. The number of aromatic nitrogens is 3. The summed E-state index contributed by atoms with van der Waals surface area (Å²) in [7, 11) is 0.565. The van der Waals surface area contributed by atoms with Crippen LogP contribution < -0.4 is 11.1 Å². The van der Waals surface area contributed by atoms with Crippen LogP contribution in [0.2, 0.25) is 5.02 Å². The summed E-state index contributed by atoms with van der Waals surface area (Å²) in [5, 5.41) is 3.01. The molecule has 0 bridgehead atoms.